The Morgan fingerprint density at radius 1 is 1.24 bits per heavy atom. The van der Waals surface area contributed by atoms with Crippen molar-refractivity contribution in [3.05, 3.63) is 12.2 Å². The minimum atomic E-state index is -1.10. The summed E-state index contributed by atoms with van der Waals surface area (Å²) in [6.45, 7) is 2.93. The topological polar surface area (TPSA) is 66.4 Å². The van der Waals surface area contributed by atoms with Crippen molar-refractivity contribution in [1.82, 2.24) is 5.32 Å². The van der Waals surface area contributed by atoms with Crippen LogP contribution in [0.25, 0.3) is 0 Å². The van der Waals surface area contributed by atoms with E-state index in [1.165, 1.54) is 25.7 Å². The highest BCUT2D eigenvalue weighted by Gasteiger charge is 2.17. The monoisotopic (exact) mass is 239 g/mol. The van der Waals surface area contributed by atoms with Crippen LogP contribution in [0.2, 0.25) is 0 Å². The van der Waals surface area contributed by atoms with Crippen molar-refractivity contribution in [2.45, 2.75) is 39.0 Å². The second kappa shape index (κ2) is 7.09. The Balaban J connectivity index is 2.11. The van der Waals surface area contributed by atoms with Crippen molar-refractivity contribution < 1.29 is 14.7 Å². The number of amides is 1. The van der Waals surface area contributed by atoms with E-state index in [1.807, 2.05) is 0 Å². The number of carbonyl (C=O) groups excluding carboxylic acids is 1. The Labute approximate surface area is 102 Å². The molecular weight excluding hydrogens is 218 g/mol. The first-order valence-electron chi connectivity index (χ1n) is 6.26. The van der Waals surface area contributed by atoms with Crippen LogP contribution in [0.5, 0.6) is 0 Å². The Morgan fingerprint density at radius 2 is 1.88 bits per heavy atom. The highest BCUT2D eigenvalue weighted by atomic mass is 16.4. The first-order chi connectivity index (χ1) is 8.08. The van der Waals surface area contributed by atoms with Gasteiger partial charge in [0.1, 0.15) is 0 Å². The molecule has 1 saturated carbocycles. The molecule has 0 aromatic heterocycles. The molecule has 1 fully saturated rings. The molecule has 0 atom stereocenters. The summed E-state index contributed by atoms with van der Waals surface area (Å²) < 4.78 is 0. The third-order valence-corrected chi connectivity index (χ3v) is 3.36. The van der Waals surface area contributed by atoms with E-state index in [2.05, 4.69) is 12.2 Å². The van der Waals surface area contributed by atoms with Crippen LogP contribution in [0.3, 0.4) is 0 Å². The predicted molar refractivity (Wildman–Crippen MR) is 65.5 cm³/mol. The number of hydrogen-bond donors (Lipinski definition) is 2. The number of carbonyl (C=O) groups is 2. The van der Waals surface area contributed by atoms with E-state index in [9.17, 15) is 9.59 Å². The lowest BCUT2D eigenvalue weighted by molar-refractivity contribution is -0.131. The van der Waals surface area contributed by atoms with Gasteiger partial charge in [0.25, 0.3) is 0 Å². The Hall–Kier alpha value is -1.32. The molecule has 4 heteroatoms. The molecule has 0 saturated heterocycles. The molecule has 1 rings (SSSR count). The summed E-state index contributed by atoms with van der Waals surface area (Å²) in [5.41, 5.74) is 0. The van der Waals surface area contributed by atoms with Crippen LogP contribution < -0.4 is 5.32 Å². The lowest BCUT2D eigenvalue weighted by atomic mass is 9.81. The fraction of sp³-hybridized carbons (Fsp3) is 0.692. The normalized spacial score (nSPS) is 24.8. The van der Waals surface area contributed by atoms with Crippen LogP contribution in [0.4, 0.5) is 0 Å². The molecule has 1 amide bonds. The van der Waals surface area contributed by atoms with Gasteiger partial charge >= 0.3 is 5.97 Å². The summed E-state index contributed by atoms with van der Waals surface area (Å²) in [5, 5.41) is 11.1. The second-order valence-electron chi connectivity index (χ2n) is 4.88. The summed E-state index contributed by atoms with van der Waals surface area (Å²) in [4.78, 5) is 21.4. The lowest BCUT2D eigenvalue weighted by Gasteiger charge is -2.25. The third kappa shape index (κ3) is 6.09. The molecule has 0 spiro atoms. The van der Waals surface area contributed by atoms with Gasteiger partial charge in [0, 0.05) is 18.7 Å². The smallest absolute Gasteiger partial charge is 0.328 e. The zero-order chi connectivity index (χ0) is 12.7. The van der Waals surface area contributed by atoms with Crippen molar-refractivity contribution in [3.63, 3.8) is 0 Å². The maximum Gasteiger partial charge on any atom is 0.328 e. The summed E-state index contributed by atoms with van der Waals surface area (Å²) in [6, 6.07) is 0. The van der Waals surface area contributed by atoms with Crippen LogP contribution in [-0.2, 0) is 9.59 Å². The van der Waals surface area contributed by atoms with Crippen LogP contribution in [0.1, 0.15) is 39.0 Å². The highest BCUT2D eigenvalue weighted by Crippen LogP contribution is 2.29. The number of nitrogens with one attached hydrogen (secondary N) is 1. The summed E-state index contributed by atoms with van der Waals surface area (Å²) in [7, 11) is 0. The Kier molecular flexibility index (Phi) is 5.73. The number of carboxylic acid groups (broad SMARTS) is 1. The number of rotatable bonds is 5. The molecule has 2 N–H and O–H groups in total. The maximum atomic E-state index is 11.2. The fourth-order valence-corrected chi connectivity index (χ4v) is 2.22. The molecule has 0 heterocycles. The van der Waals surface area contributed by atoms with Crippen LogP contribution in [0, 0.1) is 11.8 Å². The highest BCUT2D eigenvalue weighted by molar-refractivity contribution is 5.93. The summed E-state index contributed by atoms with van der Waals surface area (Å²) in [5.74, 6) is 0.146. The molecule has 0 radical (unpaired) electrons. The average molecular weight is 239 g/mol. The zero-order valence-corrected chi connectivity index (χ0v) is 10.3. The van der Waals surface area contributed by atoms with Crippen LogP contribution >= 0.6 is 0 Å². The van der Waals surface area contributed by atoms with Gasteiger partial charge in [-0.3, -0.25) is 4.79 Å². The number of hydrogen-bond acceptors (Lipinski definition) is 2. The van der Waals surface area contributed by atoms with E-state index in [4.69, 9.17) is 5.11 Å². The molecule has 1 aliphatic rings. The van der Waals surface area contributed by atoms with Crippen molar-refractivity contribution in [2.24, 2.45) is 11.8 Å². The fourth-order valence-electron chi connectivity index (χ4n) is 2.22. The molecule has 0 aromatic carbocycles. The molecule has 0 bridgehead atoms. The van der Waals surface area contributed by atoms with E-state index in [-0.39, 0.29) is 5.91 Å². The average Bonchev–Trinajstić information content (AvgIpc) is 2.29. The molecule has 0 aliphatic heterocycles. The molecule has 17 heavy (non-hydrogen) atoms. The lowest BCUT2D eigenvalue weighted by Crippen LogP contribution is -2.25. The van der Waals surface area contributed by atoms with Crippen molar-refractivity contribution in [3.8, 4) is 0 Å². The Bertz CT molecular complexity index is 291. The largest absolute Gasteiger partial charge is 0.478 e. The summed E-state index contributed by atoms with van der Waals surface area (Å²) in [6.07, 6.45) is 8.00. The van der Waals surface area contributed by atoms with Crippen LogP contribution in [0.15, 0.2) is 12.2 Å². The third-order valence-electron chi connectivity index (χ3n) is 3.36. The first-order valence-corrected chi connectivity index (χ1v) is 6.26. The molecule has 0 unspecified atom stereocenters. The molecule has 4 nitrogen and oxygen atoms in total. The van der Waals surface area contributed by atoms with Gasteiger partial charge in [0.15, 0.2) is 0 Å². The van der Waals surface area contributed by atoms with Crippen molar-refractivity contribution >= 4 is 11.9 Å². The Morgan fingerprint density at radius 3 is 2.47 bits per heavy atom. The van der Waals surface area contributed by atoms with E-state index in [1.54, 1.807) is 0 Å². The van der Waals surface area contributed by atoms with E-state index in [0.717, 1.165) is 30.4 Å². The van der Waals surface area contributed by atoms with Gasteiger partial charge in [0.05, 0.1) is 0 Å². The molecular formula is C13H21NO3. The van der Waals surface area contributed by atoms with Crippen molar-refractivity contribution in [2.75, 3.05) is 6.54 Å². The predicted octanol–water partition coefficient (Wildman–Crippen LogP) is 1.96. The minimum absolute atomic E-state index is 0.323. The minimum Gasteiger partial charge on any atom is -0.478 e. The van der Waals surface area contributed by atoms with Gasteiger partial charge in [-0.25, -0.2) is 4.79 Å². The van der Waals surface area contributed by atoms with Gasteiger partial charge in [-0.15, -0.1) is 0 Å². The van der Waals surface area contributed by atoms with E-state index >= 15 is 0 Å². The SMILES string of the molecule is CC1CCC(CCNC(=O)C=CC(=O)O)CC1. The van der Waals surface area contributed by atoms with Gasteiger partial charge in [-0.2, -0.15) is 0 Å². The van der Waals surface area contributed by atoms with Crippen LogP contribution in [-0.4, -0.2) is 23.5 Å². The van der Waals surface area contributed by atoms with Gasteiger partial charge in [-0.1, -0.05) is 32.6 Å². The zero-order valence-electron chi connectivity index (χ0n) is 10.3. The second-order valence-corrected chi connectivity index (χ2v) is 4.88. The number of aliphatic carboxylic acids is 1. The van der Waals surface area contributed by atoms with Gasteiger partial charge in [-0.05, 0) is 18.3 Å². The molecule has 96 valence electrons. The molecule has 1 aliphatic carbocycles. The van der Waals surface area contributed by atoms with Gasteiger partial charge in [0.2, 0.25) is 5.91 Å². The number of carboxylic acids is 1. The summed E-state index contributed by atoms with van der Waals surface area (Å²) >= 11 is 0. The molecule has 0 aromatic rings. The quantitative estimate of drug-likeness (QED) is 0.721. The first kappa shape index (κ1) is 13.7. The van der Waals surface area contributed by atoms with E-state index < -0.39 is 5.97 Å². The van der Waals surface area contributed by atoms with E-state index in [0.29, 0.717) is 6.54 Å². The van der Waals surface area contributed by atoms with Gasteiger partial charge < -0.3 is 10.4 Å². The standard InChI is InChI=1S/C13H21NO3/c1-10-2-4-11(5-3-10)8-9-14-12(15)6-7-13(16)17/h6-7,10-11H,2-5,8-9H2,1H3,(H,14,15)(H,16,17). The maximum absolute atomic E-state index is 11.2. The van der Waals surface area contributed by atoms with Crippen molar-refractivity contribution in [1.29, 1.82) is 0 Å².